The van der Waals surface area contributed by atoms with Gasteiger partial charge in [0.2, 0.25) is 0 Å². The van der Waals surface area contributed by atoms with Gasteiger partial charge in [0.05, 0.1) is 11.0 Å². The van der Waals surface area contributed by atoms with E-state index in [4.69, 9.17) is 17.9 Å². The van der Waals surface area contributed by atoms with Crippen LogP contribution in [0.5, 0.6) is 0 Å². The molecule has 0 saturated heterocycles. The molecule has 0 bridgehead atoms. The van der Waals surface area contributed by atoms with Crippen LogP contribution in [-0.4, -0.2) is 4.57 Å². The average Bonchev–Trinajstić information content (AvgIpc) is 3.49. The van der Waals surface area contributed by atoms with Crippen LogP contribution >= 0.6 is 11.3 Å². The molecular weight excluding hydrogens is 551 g/mol. The molecule has 2 nitrogen and oxygen atoms in total. The minimum atomic E-state index is 0. The third-order valence-electron chi connectivity index (χ3n) is 7.37. The van der Waals surface area contributed by atoms with Gasteiger partial charge in [0.1, 0.15) is 0 Å². The van der Waals surface area contributed by atoms with Gasteiger partial charge in [-0.25, -0.2) is 0 Å². The molecule has 8 aromatic rings. The number of hydrogen-bond acceptors (Lipinski definition) is 2. The van der Waals surface area contributed by atoms with Crippen molar-refractivity contribution in [2.75, 3.05) is 0 Å². The standard InChI is InChI=1S/C34H21N2S2.V/c37-30-17-18-32-33(26-10-4-6-12-31(26)38-32)34(30)35-23-13-15-24(16-14-23)36-28-11-5-3-9-25(28)27-19-21-7-1-2-8-22(21)20-29(27)36;/h1-20,37H;/q-1;+2/p-1. The van der Waals surface area contributed by atoms with Gasteiger partial charge in [-0.1, -0.05) is 78.9 Å². The molecule has 183 valence electrons. The Morgan fingerprint density at radius 1 is 0.590 bits per heavy atom. The van der Waals surface area contributed by atoms with Gasteiger partial charge in [-0.15, -0.1) is 22.7 Å². The summed E-state index contributed by atoms with van der Waals surface area (Å²) in [6.45, 7) is 0. The minimum absolute atomic E-state index is 0. The van der Waals surface area contributed by atoms with Crippen molar-refractivity contribution in [3.63, 3.8) is 0 Å². The summed E-state index contributed by atoms with van der Waals surface area (Å²) in [5, 5.41) is 12.5. The maximum Gasteiger partial charge on any atom is 2.00 e. The van der Waals surface area contributed by atoms with Crippen LogP contribution in [0.15, 0.2) is 126 Å². The normalized spacial score (nSPS) is 11.5. The van der Waals surface area contributed by atoms with E-state index in [2.05, 4.69) is 120 Å². The van der Waals surface area contributed by atoms with Gasteiger partial charge in [-0.05, 0) is 64.0 Å². The van der Waals surface area contributed by atoms with E-state index in [0.717, 1.165) is 27.3 Å². The maximum absolute atomic E-state index is 5.75. The van der Waals surface area contributed by atoms with E-state index >= 15 is 0 Å². The number of fused-ring (bicyclic) bond motifs is 7. The van der Waals surface area contributed by atoms with Gasteiger partial charge in [0.15, 0.2) is 0 Å². The van der Waals surface area contributed by atoms with Crippen molar-refractivity contribution in [2.45, 2.75) is 4.90 Å². The van der Waals surface area contributed by atoms with Crippen molar-refractivity contribution >= 4 is 88.1 Å². The molecule has 0 aliphatic heterocycles. The van der Waals surface area contributed by atoms with Crippen LogP contribution in [0.2, 0.25) is 0 Å². The maximum atomic E-state index is 5.75. The van der Waals surface area contributed by atoms with Crippen molar-refractivity contribution in [1.29, 1.82) is 0 Å². The Labute approximate surface area is 247 Å². The first kappa shape index (κ1) is 24.3. The smallest absolute Gasteiger partial charge is 0.781 e. The SMILES string of the molecule is [S-]c1ccc2sc3ccccc3c2c1[N-]c1ccc(-n2c3ccccc3c3cc4ccccc4cc32)cc1.[V+2]. The van der Waals surface area contributed by atoms with Gasteiger partial charge in [0.25, 0.3) is 0 Å². The predicted octanol–water partition coefficient (Wildman–Crippen LogP) is 10.5. The Morgan fingerprint density at radius 3 is 2.10 bits per heavy atom. The zero-order chi connectivity index (χ0) is 25.2. The second kappa shape index (κ2) is 9.44. The monoisotopic (exact) mass is 571 g/mol. The molecule has 0 atom stereocenters. The molecule has 2 aromatic heterocycles. The Kier molecular flexibility index (Phi) is 5.87. The topological polar surface area (TPSA) is 19.0 Å². The number of benzene rings is 6. The first-order chi connectivity index (χ1) is 18.7. The quantitative estimate of drug-likeness (QED) is 0.193. The fourth-order valence-electron chi connectivity index (χ4n) is 5.63. The second-order valence-corrected chi connectivity index (χ2v) is 11.1. The van der Waals surface area contributed by atoms with Crippen LogP contribution in [0.1, 0.15) is 0 Å². The van der Waals surface area contributed by atoms with Gasteiger partial charge < -0.3 is 22.5 Å². The van der Waals surface area contributed by atoms with E-state index in [-0.39, 0.29) is 18.6 Å². The van der Waals surface area contributed by atoms with E-state index in [1.807, 2.05) is 6.07 Å². The predicted molar refractivity (Wildman–Crippen MR) is 166 cm³/mol. The van der Waals surface area contributed by atoms with Crippen LogP contribution in [-0.2, 0) is 31.2 Å². The molecule has 0 saturated carbocycles. The number of aromatic nitrogens is 1. The van der Waals surface area contributed by atoms with Gasteiger partial charge in [-0.3, -0.25) is 0 Å². The molecule has 0 N–H and O–H groups in total. The summed E-state index contributed by atoms with van der Waals surface area (Å²) in [5.41, 5.74) is 5.30. The van der Waals surface area contributed by atoms with Crippen LogP contribution in [0, 0.1) is 0 Å². The van der Waals surface area contributed by atoms with Crippen LogP contribution in [0.3, 0.4) is 0 Å². The van der Waals surface area contributed by atoms with E-state index in [0.29, 0.717) is 0 Å². The number of para-hydroxylation sites is 1. The zero-order valence-corrected chi connectivity index (χ0v) is 23.7. The second-order valence-electron chi connectivity index (χ2n) is 9.58. The van der Waals surface area contributed by atoms with Gasteiger partial charge in [0, 0.05) is 25.9 Å². The molecule has 6 aromatic carbocycles. The Balaban J connectivity index is 0.00000253. The summed E-state index contributed by atoms with van der Waals surface area (Å²) in [5.74, 6) is 0. The molecule has 5 heteroatoms. The van der Waals surface area contributed by atoms with Crippen molar-refractivity contribution in [3.05, 3.63) is 127 Å². The molecule has 0 amide bonds. The van der Waals surface area contributed by atoms with E-state index in [1.165, 1.54) is 47.4 Å². The van der Waals surface area contributed by atoms with Crippen molar-refractivity contribution in [2.24, 2.45) is 0 Å². The number of thiophene rings is 1. The fourth-order valence-corrected chi connectivity index (χ4v) is 6.95. The number of rotatable bonds is 3. The zero-order valence-electron chi connectivity index (χ0n) is 20.7. The summed E-state index contributed by atoms with van der Waals surface area (Å²) in [7, 11) is 0. The summed E-state index contributed by atoms with van der Waals surface area (Å²) in [4.78, 5) is 0.777. The van der Waals surface area contributed by atoms with Crippen LogP contribution in [0.4, 0.5) is 11.4 Å². The van der Waals surface area contributed by atoms with Gasteiger partial charge in [-0.2, -0.15) is 4.90 Å². The van der Waals surface area contributed by atoms with E-state index < -0.39 is 0 Å². The Bertz CT molecular complexity index is 2170. The summed E-state index contributed by atoms with van der Waals surface area (Å²) in [6, 6.07) is 42.9. The fraction of sp³-hybridized carbons (Fsp3) is 0. The van der Waals surface area contributed by atoms with E-state index in [1.54, 1.807) is 11.3 Å². The third-order valence-corrected chi connectivity index (χ3v) is 8.83. The summed E-state index contributed by atoms with van der Waals surface area (Å²) in [6.07, 6.45) is 0. The largest absolute Gasteiger partial charge is 2.00 e. The molecule has 0 spiro atoms. The molecule has 1 radical (unpaired) electrons. The third kappa shape index (κ3) is 3.83. The number of nitrogens with zero attached hydrogens (tertiary/aromatic N) is 2. The molecule has 0 aliphatic rings. The molecule has 0 unspecified atom stereocenters. The number of hydrogen-bond donors (Lipinski definition) is 0. The average molecular weight is 572 g/mol. The molecule has 2 heterocycles. The first-order valence-electron chi connectivity index (χ1n) is 12.6. The summed E-state index contributed by atoms with van der Waals surface area (Å²) < 4.78 is 4.83. The molecular formula is C34H20N2S2V. The molecule has 8 rings (SSSR count). The van der Waals surface area contributed by atoms with Crippen LogP contribution in [0.25, 0.3) is 63.8 Å². The Morgan fingerprint density at radius 2 is 1.28 bits per heavy atom. The van der Waals surface area contributed by atoms with E-state index in [9.17, 15) is 0 Å². The Hall–Kier alpha value is -3.80. The molecule has 0 aliphatic carbocycles. The summed E-state index contributed by atoms with van der Waals surface area (Å²) >= 11 is 7.54. The van der Waals surface area contributed by atoms with Gasteiger partial charge >= 0.3 is 18.6 Å². The van der Waals surface area contributed by atoms with Crippen molar-refractivity contribution in [3.8, 4) is 5.69 Å². The van der Waals surface area contributed by atoms with Crippen LogP contribution < -0.4 is 0 Å². The van der Waals surface area contributed by atoms with Crippen molar-refractivity contribution in [1.82, 2.24) is 4.57 Å². The molecule has 39 heavy (non-hydrogen) atoms. The minimum Gasteiger partial charge on any atom is -0.781 e. The van der Waals surface area contributed by atoms with Crippen molar-refractivity contribution < 1.29 is 18.6 Å². The first-order valence-corrected chi connectivity index (χ1v) is 13.8. The molecule has 0 fully saturated rings.